The first-order valence-electron chi connectivity index (χ1n) is 6.39. The molecule has 0 bridgehead atoms. The van der Waals surface area contributed by atoms with Crippen LogP contribution >= 0.6 is 12.4 Å². The Morgan fingerprint density at radius 3 is 2.42 bits per heavy atom. The number of halogens is 2. The van der Waals surface area contributed by atoms with E-state index in [0.29, 0.717) is 19.5 Å². The molecule has 0 saturated heterocycles. The number of carbonyl (C=O) groups is 1. The molecule has 3 N–H and O–H groups in total. The highest BCUT2D eigenvalue weighted by molar-refractivity contribution is 5.85. The summed E-state index contributed by atoms with van der Waals surface area (Å²) in [7, 11) is 0. The van der Waals surface area contributed by atoms with Crippen LogP contribution in [0, 0.1) is 5.82 Å². The van der Waals surface area contributed by atoms with E-state index in [1.165, 1.54) is 12.1 Å². The Labute approximate surface area is 119 Å². The van der Waals surface area contributed by atoms with Gasteiger partial charge in [0.2, 0.25) is 5.91 Å². The van der Waals surface area contributed by atoms with Gasteiger partial charge in [0.05, 0.1) is 0 Å². The standard InChI is InChI=1S/C14H19FN2O.ClH/c15-12-4-2-11(3-5-12)14(7-1-8-14)10-17-13(18)6-9-16;/h2-5H,1,6-10,16H2,(H,17,18);1H. The van der Waals surface area contributed by atoms with E-state index in [0.717, 1.165) is 24.8 Å². The lowest BCUT2D eigenvalue weighted by Gasteiger charge is -2.42. The van der Waals surface area contributed by atoms with Crippen LogP contribution in [0.4, 0.5) is 4.39 Å². The Morgan fingerprint density at radius 1 is 1.32 bits per heavy atom. The average Bonchev–Trinajstić information content (AvgIpc) is 2.30. The molecule has 0 unspecified atom stereocenters. The van der Waals surface area contributed by atoms with Crippen molar-refractivity contribution in [2.24, 2.45) is 5.73 Å². The summed E-state index contributed by atoms with van der Waals surface area (Å²) in [4.78, 5) is 11.5. The van der Waals surface area contributed by atoms with E-state index >= 15 is 0 Å². The van der Waals surface area contributed by atoms with Crippen LogP contribution in [0.1, 0.15) is 31.2 Å². The van der Waals surface area contributed by atoms with Crippen LogP contribution < -0.4 is 11.1 Å². The summed E-state index contributed by atoms with van der Waals surface area (Å²) in [5.41, 5.74) is 6.45. The molecule has 1 aromatic carbocycles. The summed E-state index contributed by atoms with van der Waals surface area (Å²) in [6, 6.07) is 6.61. The van der Waals surface area contributed by atoms with Gasteiger partial charge in [-0.1, -0.05) is 18.6 Å². The minimum absolute atomic E-state index is 0. The smallest absolute Gasteiger partial charge is 0.221 e. The Kier molecular flexibility index (Phi) is 5.76. The lowest BCUT2D eigenvalue weighted by Crippen LogP contribution is -2.45. The first kappa shape index (κ1) is 15.9. The summed E-state index contributed by atoms with van der Waals surface area (Å²) in [6.07, 6.45) is 3.60. The van der Waals surface area contributed by atoms with Gasteiger partial charge in [0.15, 0.2) is 0 Å². The summed E-state index contributed by atoms with van der Waals surface area (Å²) in [6.45, 7) is 0.993. The molecule has 3 nitrogen and oxygen atoms in total. The average molecular weight is 287 g/mol. The second-order valence-electron chi connectivity index (χ2n) is 4.96. The highest BCUT2D eigenvalue weighted by Gasteiger charge is 2.38. The number of amides is 1. The SMILES string of the molecule is Cl.NCCC(=O)NCC1(c2ccc(F)cc2)CCC1. The van der Waals surface area contributed by atoms with Gasteiger partial charge in [0.1, 0.15) is 5.82 Å². The van der Waals surface area contributed by atoms with Crippen molar-refractivity contribution in [1.29, 1.82) is 0 Å². The maximum absolute atomic E-state index is 12.9. The fourth-order valence-corrected chi connectivity index (χ4v) is 2.46. The maximum atomic E-state index is 12.9. The van der Waals surface area contributed by atoms with Crippen molar-refractivity contribution in [2.45, 2.75) is 31.1 Å². The molecule has 1 saturated carbocycles. The molecule has 0 spiro atoms. The largest absolute Gasteiger partial charge is 0.355 e. The van der Waals surface area contributed by atoms with Crippen LogP contribution in [-0.4, -0.2) is 19.0 Å². The van der Waals surface area contributed by atoms with Gasteiger partial charge >= 0.3 is 0 Å². The van der Waals surface area contributed by atoms with E-state index in [1.807, 2.05) is 12.1 Å². The van der Waals surface area contributed by atoms with Crippen molar-refractivity contribution < 1.29 is 9.18 Å². The molecule has 1 fully saturated rings. The van der Waals surface area contributed by atoms with Crippen LogP contribution in [0.3, 0.4) is 0 Å². The van der Waals surface area contributed by atoms with Crippen molar-refractivity contribution in [2.75, 3.05) is 13.1 Å². The van der Waals surface area contributed by atoms with Crippen molar-refractivity contribution in [3.63, 3.8) is 0 Å². The predicted molar refractivity (Wildman–Crippen MR) is 75.9 cm³/mol. The molecule has 106 valence electrons. The molecule has 19 heavy (non-hydrogen) atoms. The second kappa shape index (κ2) is 6.87. The Bertz CT molecular complexity index is 418. The molecular weight excluding hydrogens is 267 g/mol. The molecule has 1 aromatic rings. The Balaban J connectivity index is 0.00000180. The van der Waals surface area contributed by atoms with E-state index in [9.17, 15) is 9.18 Å². The number of nitrogens with one attached hydrogen (secondary N) is 1. The fraction of sp³-hybridized carbons (Fsp3) is 0.500. The van der Waals surface area contributed by atoms with Crippen molar-refractivity contribution >= 4 is 18.3 Å². The lowest BCUT2D eigenvalue weighted by molar-refractivity contribution is -0.121. The van der Waals surface area contributed by atoms with Gasteiger partial charge in [-0.3, -0.25) is 4.79 Å². The summed E-state index contributed by atoms with van der Waals surface area (Å²) in [5, 5.41) is 2.93. The topological polar surface area (TPSA) is 55.1 Å². The lowest BCUT2D eigenvalue weighted by atomic mass is 9.64. The second-order valence-corrected chi connectivity index (χ2v) is 4.96. The summed E-state index contributed by atoms with van der Waals surface area (Å²) in [5.74, 6) is -0.230. The number of nitrogens with two attached hydrogens (primary N) is 1. The molecule has 5 heteroatoms. The van der Waals surface area contributed by atoms with E-state index < -0.39 is 0 Å². The van der Waals surface area contributed by atoms with Crippen LogP contribution in [0.25, 0.3) is 0 Å². The van der Waals surface area contributed by atoms with Gasteiger partial charge < -0.3 is 11.1 Å². The molecule has 0 atom stereocenters. The third-order valence-corrected chi connectivity index (χ3v) is 3.76. The van der Waals surface area contributed by atoms with Gasteiger partial charge in [-0.2, -0.15) is 0 Å². The van der Waals surface area contributed by atoms with Crippen molar-refractivity contribution in [3.8, 4) is 0 Å². The minimum atomic E-state index is -0.222. The maximum Gasteiger partial charge on any atom is 0.221 e. The molecule has 1 amide bonds. The van der Waals surface area contributed by atoms with E-state index in [2.05, 4.69) is 5.32 Å². The van der Waals surface area contributed by atoms with E-state index in [4.69, 9.17) is 5.73 Å². The minimum Gasteiger partial charge on any atom is -0.355 e. The van der Waals surface area contributed by atoms with Crippen LogP contribution in [0.5, 0.6) is 0 Å². The quantitative estimate of drug-likeness (QED) is 0.871. The molecule has 0 aliphatic heterocycles. The monoisotopic (exact) mass is 286 g/mol. The number of benzene rings is 1. The summed E-state index contributed by atoms with van der Waals surface area (Å²) >= 11 is 0. The third-order valence-electron chi connectivity index (χ3n) is 3.76. The highest BCUT2D eigenvalue weighted by Crippen LogP contribution is 2.43. The van der Waals surface area contributed by atoms with Gasteiger partial charge in [-0.05, 0) is 30.5 Å². The zero-order chi connectivity index (χ0) is 13.0. The van der Waals surface area contributed by atoms with Gasteiger partial charge in [0.25, 0.3) is 0 Å². The summed E-state index contributed by atoms with van der Waals surface area (Å²) < 4.78 is 12.9. The molecular formula is C14H20ClFN2O. The number of hydrogen-bond acceptors (Lipinski definition) is 2. The third kappa shape index (κ3) is 3.67. The van der Waals surface area contributed by atoms with Crippen LogP contribution in [-0.2, 0) is 10.2 Å². The number of hydrogen-bond donors (Lipinski definition) is 2. The molecule has 0 aromatic heterocycles. The zero-order valence-corrected chi connectivity index (χ0v) is 11.6. The van der Waals surface area contributed by atoms with Gasteiger partial charge in [-0.15, -0.1) is 12.4 Å². The highest BCUT2D eigenvalue weighted by atomic mass is 35.5. The van der Waals surface area contributed by atoms with Crippen molar-refractivity contribution in [3.05, 3.63) is 35.6 Å². The van der Waals surface area contributed by atoms with E-state index in [1.54, 1.807) is 0 Å². The Hall–Kier alpha value is -1.13. The molecule has 1 aliphatic rings. The zero-order valence-electron chi connectivity index (χ0n) is 10.8. The predicted octanol–water partition coefficient (Wildman–Crippen LogP) is 2.13. The first-order chi connectivity index (χ1) is 8.66. The molecule has 0 heterocycles. The number of rotatable bonds is 5. The van der Waals surface area contributed by atoms with Gasteiger partial charge in [0, 0.05) is 24.9 Å². The number of carbonyl (C=O) groups excluding carboxylic acids is 1. The Morgan fingerprint density at radius 2 is 1.95 bits per heavy atom. The normalized spacial score (nSPS) is 16.1. The first-order valence-corrected chi connectivity index (χ1v) is 6.39. The van der Waals surface area contributed by atoms with Crippen molar-refractivity contribution in [1.82, 2.24) is 5.32 Å². The molecule has 2 rings (SSSR count). The van der Waals surface area contributed by atoms with Crippen LogP contribution in [0.2, 0.25) is 0 Å². The van der Waals surface area contributed by atoms with E-state index in [-0.39, 0.29) is 29.5 Å². The molecule has 0 radical (unpaired) electrons. The molecule has 1 aliphatic carbocycles. The van der Waals surface area contributed by atoms with Gasteiger partial charge in [-0.25, -0.2) is 4.39 Å². The van der Waals surface area contributed by atoms with Crippen LogP contribution in [0.15, 0.2) is 24.3 Å². The fourth-order valence-electron chi connectivity index (χ4n) is 2.46.